The molecule has 1 aromatic carbocycles. The van der Waals surface area contributed by atoms with Crippen LogP contribution in [0.25, 0.3) is 0 Å². The number of nitro benzene ring substituents is 1. The molecule has 0 aliphatic carbocycles. The number of hydrogen-bond donors (Lipinski definition) is 0. The molecule has 1 aromatic rings. The van der Waals surface area contributed by atoms with Crippen LogP contribution < -0.4 is 4.74 Å². The van der Waals surface area contributed by atoms with Gasteiger partial charge in [0.2, 0.25) is 0 Å². The molecule has 0 radical (unpaired) electrons. The molecule has 0 heterocycles. The lowest BCUT2D eigenvalue weighted by Gasteiger charge is -2.14. The molecule has 0 saturated heterocycles. The minimum atomic E-state index is -0.583. The van der Waals surface area contributed by atoms with Crippen molar-refractivity contribution in [3.63, 3.8) is 0 Å². The average Bonchev–Trinajstić information content (AvgIpc) is 2.30. The van der Waals surface area contributed by atoms with Gasteiger partial charge in [-0.2, -0.15) is 0 Å². The minimum absolute atomic E-state index is 0.00125. The van der Waals surface area contributed by atoms with Crippen molar-refractivity contribution in [2.24, 2.45) is 0 Å². The Labute approximate surface area is 99.5 Å². The first-order valence-corrected chi connectivity index (χ1v) is 5.40. The molecule has 0 spiro atoms. The van der Waals surface area contributed by atoms with Crippen molar-refractivity contribution in [3.8, 4) is 5.75 Å². The molecular formula is C12H15NO4. The Bertz CT molecular complexity index is 442. The van der Waals surface area contributed by atoms with Gasteiger partial charge in [-0.25, -0.2) is 0 Å². The zero-order valence-electron chi connectivity index (χ0n) is 10.1. The number of hydrogen-bond acceptors (Lipinski definition) is 4. The van der Waals surface area contributed by atoms with Gasteiger partial charge in [0, 0.05) is 12.5 Å². The number of ether oxygens (including phenoxy) is 1. The quantitative estimate of drug-likeness (QED) is 0.583. The molecule has 92 valence electrons. The van der Waals surface area contributed by atoms with E-state index >= 15 is 0 Å². The fourth-order valence-electron chi connectivity index (χ4n) is 1.47. The van der Waals surface area contributed by atoms with E-state index in [4.69, 9.17) is 4.74 Å². The van der Waals surface area contributed by atoms with E-state index in [2.05, 4.69) is 0 Å². The van der Waals surface area contributed by atoms with Crippen molar-refractivity contribution < 1.29 is 14.5 Å². The third kappa shape index (κ3) is 3.03. The van der Waals surface area contributed by atoms with Crippen molar-refractivity contribution in [1.29, 1.82) is 0 Å². The predicted molar refractivity (Wildman–Crippen MR) is 63.2 cm³/mol. The van der Waals surface area contributed by atoms with E-state index in [1.807, 2.05) is 0 Å². The summed E-state index contributed by atoms with van der Waals surface area (Å²) >= 11 is 0. The van der Waals surface area contributed by atoms with Crippen LogP contribution in [-0.2, 0) is 4.79 Å². The molecular weight excluding hydrogens is 222 g/mol. The maximum Gasteiger partial charge on any atom is 0.276 e. The number of nitro groups is 1. The summed E-state index contributed by atoms with van der Waals surface area (Å²) in [4.78, 5) is 21.7. The van der Waals surface area contributed by atoms with Crippen molar-refractivity contribution in [2.75, 3.05) is 0 Å². The van der Waals surface area contributed by atoms with Crippen LogP contribution >= 0.6 is 0 Å². The number of ketones is 1. The van der Waals surface area contributed by atoms with Crippen LogP contribution in [0.4, 0.5) is 5.69 Å². The normalized spacial score (nSPS) is 11.9. The van der Waals surface area contributed by atoms with Crippen LogP contribution in [0.1, 0.15) is 25.8 Å². The van der Waals surface area contributed by atoms with Gasteiger partial charge in [-0.3, -0.25) is 14.9 Å². The second-order valence-electron chi connectivity index (χ2n) is 3.74. The van der Waals surface area contributed by atoms with Crippen LogP contribution in [0.15, 0.2) is 18.2 Å². The number of nitrogens with zero attached hydrogens (tertiary/aromatic N) is 1. The van der Waals surface area contributed by atoms with Crippen LogP contribution in [-0.4, -0.2) is 16.8 Å². The fourth-order valence-corrected chi connectivity index (χ4v) is 1.47. The van der Waals surface area contributed by atoms with Crippen molar-refractivity contribution in [3.05, 3.63) is 33.9 Å². The lowest BCUT2D eigenvalue weighted by Crippen LogP contribution is -2.23. The van der Waals surface area contributed by atoms with E-state index in [-0.39, 0.29) is 11.5 Å². The summed E-state index contributed by atoms with van der Waals surface area (Å²) in [5.74, 6) is 0.351. The van der Waals surface area contributed by atoms with Gasteiger partial charge in [0.1, 0.15) is 5.75 Å². The van der Waals surface area contributed by atoms with Gasteiger partial charge in [-0.05, 0) is 19.9 Å². The van der Waals surface area contributed by atoms with Gasteiger partial charge in [0.15, 0.2) is 11.9 Å². The number of benzene rings is 1. The molecule has 0 aromatic heterocycles. The van der Waals surface area contributed by atoms with Crippen LogP contribution in [0.2, 0.25) is 0 Å². The SMILES string of the molecule is CCC(=O)C(C)Oc1cccc([N+](=O)[O-])c1C. The highest BCUT2D eigenvalue weighted by Crippen LogP contribution is 2.27. The van der Waals surface area contributed by atoms with E-state index in [0.29, 0.717) is 17.7 Å². The molecule has 0 saturated carbocycles. The van der Waals surface area contributed by atoms with E-state index in [1.54, 1.807) is 32.9 Å². The van der Waals surface area contributed by atoms with Gasteiger partial charge < -0.3 is 4.74 Å². The first-order chi connectivity index (χ1) is 7.97. The first-order valence-electron chi connectivity index (χ1n) is 5.40. The van der Waals surface area contributed by atoms with Gasteiger partial charge in [0.25, 0.3) is 5.69 Å². The Kier molecular flexibility index (Phi) is 4.20. The maximum atomic E-state index is 11.4. The number of carbonyl (C=O) groups is 1. The summed E-state index contributed by atoms with van der Waals surface area (Å²) in [6.45, 7) is 5.00. The summed E-state index contributed by atoms with van der Waals surface area (Å²) in [5.41, 5.74) is 0.437. The second-order valence-corrected chi connectivity index (χ2v) is 3.74. The summed E-state index contributed by atoms with van der Waals surface area (Å²) in [7, 11) is 0. The van der Waals surface area contributed by atoms with Crippen LogP contribution in [0.5, 0.6) is 5.75 Å². The fraction of sp³-hybridized carbons (Fsp3) is 0.417. The summed E-state index contributed by atoms with van der Waals surface area (Å²) in [6, 6.07) is 4.58. The Morgan fingerprint density at radius 3 is 2.71 bits per heavy atom. The molecule has 0 bridgehead atoms. The molecule has 5 nitrogen and oxygen atoms in total. The monoisotopic (exact) mass is 237 g/mol. The van der Waals surface area contributed by atoms with E-state index < -0.39 is 11.0 Å². The molecule has 0 fully saturated rings. The van der Waals surface area contributed by atoms with Gasteiger partial charge in [-0.1, -0.05) is 13.0 Å². The Morgan fingerprint density at radius 1 is 1.53 bits per heavy atom. The van der Waals surface area contributed by atoms with E-state index in [9.17, 15) is 14.9 Å². The van der Waals surface area contributed by atoms with Crippen molar-refractivity contribution >= 4 is 11.5 Å². The molecule has 0 aliphatic heterocycles. The van der Waals surface area contributed by atoms with Gasteiger partial charge in [-0.15, -0.1) is 0 Å². The Hall–Kier alpha value is -1.91. The van der Waals surface area contributed by atoms with Crippen molar-refractivity contribution in [1.82, 2.24) is 0 Å². The third-order valence-electron chi connectivity index (χ3n) is 2.56. The first kappa shape index (κ1) is 13.2. The smallest absolute Gasteiger partial charge is 0.276 e. The maximum absolute atomic E-state index is 11.4. The lowest BCUT2D eigenvalue weighted by atomic mass is 10.1. The second kappa shape index (κ2) is 5.43. The minimum Gasteiger partial charge on any atom is -0.482 e. The Morgan fingerprint density at radius 2 is 2.18 bits per heavy atom. The Balaban J connectivity index is 2.96. The van der Waals surface area contributed by atoms with Crippen molar-refractivity contribution in [2.45, 2.75) is 33.3 Å². The van der Waals surface area contributed by atoms with Gasteiger partial charge in [0.05, 0.1) is 10.5 Å². The largest absolute Gasteiger partial charge is 0.482 e. The summed E-state index contributed by atoms with van der Waals surface area (Å²) < 4.78 is 5.43. The molecule has 17 heavy (non-hydrogen) atoms. The molecule has 1 unspecified atom stereocenters. The standard InChI is InChI=1S/C12H15NO4/c1-4-11(14)9(3)17-12-7-5-6-10(8(12)2)13(15)16/h5-7,9H,4H2,1-3H3. The highest BCUT2D eigenvalue weighted by Gasteiger charge is 2.18. The summed E-state index contributed by atoms with van der Waals surface area (Å²) in [5, 5.41) is 10.7. The molecule has 5 heteroatoms. The molecule has 1 atom stereocenters. The predicted octanol–water partition coefficient (Wildman–Crippen LogP) is 2.65. The zero-order chi connectivity index (χ0) is 13.0. The highest BCUT2D eigenvalue weighted by molar-refractivity contribution is 5.82. The third-order valence-corrected chi connectivity index (χ3v) is 2.56. The molecule has 0 amide bonds. The topological polar surface area (TPSA) is 69.4 Å². The van der Waals surface area contributed by atoms with Gasteiger partial charge >= 0.3 is 0 Å². The summed E-state index contributed by atoms with van der Waals surface area (Å²) in [6.07, 6.45) is -0.199. The molecule has 0 N–H and O–H groups in total. The molecule has 1 rings (SSSR count). The van der Waals surface area contributed by atoms with Crippen LogP contribution in [0.3, 0.4) is 0 Å². The molecule has 0 aliphatic rings. The number of Topliss-reactive ketones (excluding diaryl/α,β-unsaturated/α-hetero) is 1. The average molecular weight is 237 g/mol. The lowest BCUT2D eigenvalue weighted by molar-refractivity contribution is -0.385. The number of carbonyl (C=O) groups excluding carboxylic acids is 1. The highest BCUT2D eigenvalue weighted by atomic mass is 16.6. The van der Waals surface area contributed by atoms with E-state index in [1.165, 1.54) is 6.07 Å². The van der Waals surface area contributed by atoms with E-state index in [0.717, 1.165) is 0 Å². The van der Waals surface area contributed by atoms with Crippen LogP contribution in [0, 0.1) is 17.0 Å². The zero-order valence-corrected chi connectivity index (χ0v) is 10.1. The number of rotatable bonds is 5.